The summed E-state index contributed by atoms with van der Waals surface area (Å²) >= 11 is 0. The van der Waals surface area contributed by atoms with Crippen LogP contribution in [0.3, 0.4) is 0 Å². The Bertz CT molecular complexity index is 1040. The number of esters is 1. The molecule has 1 aromatic heterocycles. The molecule has 3 aromatic rings. The second kappa shape index (κ2) is 10.3. The molecule has 0 aliphatic carbocycles. The Morgan fingerprint density at radius 3 is 1.97 bits per heavy atom. The molecule has 5 nitrogen and oxygen atoms in total. The summed E-state index contributed by atoms with van der Waals surface area (Å²) in [6.45, 7) is 8.63. The van der Waals surface area contributed by atoms with E-state index in [4.69, 9.17) is 13.6 Å². The van der Waals surface area contributed by atoms with Crippen molar-refractivity contribution in [2.75, 3.05) is 13.7 Å². The predicted octanol–water partition coefficient (Wildman–Crippen LogP) is 4.45. The first-order valence-corrected chi connectivity index (χ1v) is 13.0. The van der Waals surface area contributed by atoms with Crippen LogP contribution in [-0.2, 0) is 20.4 Å². The third kappa shape index (κ3) is 5.34. The van der Waals surface area contributed by atoms with Gasteiger partial charge in [0, 0.05) is 13.0 Å². The highest BCUT2D eigenvalue weighted by Crippen LogP contribution is 2.36. The van der Waals surface area contributed by atoms with Gasteiger partial charge in [-0.1, -0.05) is 81.4 Å². The maximum Gasteiger partial charge on any atom is 0.341 e. The molecule has 2 aromatic carbocycles. The minimum atomic E-state index is -2.67. The normalized spacial score (nSPS) is 11.9. The average molecular weight is 465 g/mol. The van der Waals surface area contributed by atoms with Crippen molar-refractivity contribution < 1.29 is 23.2 Å². The van der Waals surface area contributed by atoms with Gasteiger partial charge >= 0.3 is 5.97 Å². The van der Waals surface area contributed by atoms with Crippen LogP contribution in [0, 0.1) is 6.92 Å². The van der Waals surface area contributed by atoms with Crippen LogP contribution in [0.25, 0.3) is 0 Å². The largest absolute Gasteiger partial charge is 0.465 e. The quantitative estimate of drug-likeness (QED) is 0.346. The van der Waals surface area contributed by atoms with Crippen LogP contribution in [0.15, 0.2) is 71.1 Å². The van der Waals surface area contributed by atoms with Crippen LogP contribution in [0.4, 0.5) is 0 Å². The van der Waals surface area contributed by atoms with Gasteiger partial charge in [0.25, 0.3) is 8.32 Å². The minimum Gasteiger partial charge on any atom is -0.465 e. The maximum absolute atomic E-state index is 12.7. The van der Waals surface area contributed by atoms with Crippen LogP contribution in [0.1, 0.15) is 49.1 Å². The first-order valence-electron chi connectivity index (χ1n) is 11.1. The second-order valence-electron chi connectivity index (χ2n) is 9.15. The summed E-state index contributed by atoms with van der Waals surface area (Å²) in [5.41, 5.74) is 0.351. The zero-order valence-electron chi connectivity index (χ0n) is 20.0. The molecular formula is C27H32O5Si. The summed E-state index contributed by atoms with van der Waals surface area (Å²) < 4.78 is 17.1. The Hall–Kier alpha value is -2.96. The lowest BCUT2D eigenvalue weighted by atomic mass is 10.1. The van der Waals surface area contributed by atoms with Gasteiger partial charge in [-0.3, -0.25) is 4.79 Å². The lowest BCUT2D eigenvalue weighted by Gasteiger charge is -2.43. The third-order valence-corrected chi connectivity index (χ3v) is 10.9. The summed E-state index contributed by atoms with van der Waals surface area (Å²) in [5, 5.41) is 2.22. The Morgan fingerprint density at radius 2 is 1.48 bits per heavy atom. The first-order chi connectivity index (χ1) is 15.7. The zero-order valence-corrected chi connectivity index (χ0v) is 21.0. The number of carbonyl (C=O) groups excluding carboxylic acids is 2. The maximum atomic E-state index is 12.7. The predicted molar refractivity (Wildman–Crippen MR) is 132 cm³/mol. The Morgan fingerprint density at radius 1 is 0.939 bits per heavy atom. The van der Waals surface area contributed by atoms with Crippen molar-refractivity contribution >= 4 is 30.4 Å². The van der Waals surface area contributed by atoms with Crippen molar-refractivity contribution in [2.45, 2.75) is 45.6 Å². The Kier molecular flexibility index (Phi) is 7.71. The monoisotopic (exact) mass is 464 g/mol. The zero-order chi connectivity index (χ0) is 24.1. The van der Waals surface area contributed by atoms with E-state index in [1.165, 1.54) is 17.5 Å². The molecule has 0 aliphatic rings. The van der Waals surface area contributed by atoms with Gasteiger partial charge < -0.3 is 13.6 Å². The SMILES string of the molecule is COC(=O)c1cc(CC(=O)CCO[Si](c2ccccc2)(c2ccccc2)C(C)(C)C)oc1C. The van der Waals surface area contributed by atoms with E-state index in [1.807, 2.05) is 36.4 Å². The van der Waals surface area contributed by atoms with Gasteiger partial charge in [-0.2, -0.15) is 0 Å². The van der Waals surface area contributed by atoms with E-state index in [2.05, 4.69) is 45.0 Å². The van der Waals surface area contributed by atoms with E-state index in [0.29, 0.717) is 23.7 Å². The topological polar surface area (TPSA) is 65.7 Å². The molecule has 33 heavy (non-hydrogen) atoms. The molecule has 0 amide bonds. The highest BCUT2D eigenvalue weighted by molar-refractivity contribution is 6.99. The van der Waals surface area contributed by atoms with Crippen LogP contribution < -0.4 is 10.4 Å². The average Bonchev–Trinajstić information content (AvgIpc) is 3.16. The van der Waals surface area contributed by atoms with Crippen LogP contribution in [0.5, 0.6) is 0 Å². The summed E-state index contributed by atoms with van der Waals surface area (Å²) in [6, 6.07) is 22.3. The molecule has 0 saturated heterocycles. The lowest BCUT2D eigenvalue weighted by Crippen LogP contribution is -2.66. The number of Topliss-reactive ketones (excluding diaryl/α,β-unsaturated/α-hetero) is 1. The number of methoxy groups -OCH3 is 1. The lowest BCUT2D eigenvalue weighted by molar-refractivity contribution is -0.119. The molecule has 0 saturated carbocycles. The van der Waals surface area contributed by atoms with E-state index in [-0.39, 0.29) is 23.7 Å². The summed E-state index contributed by atoms with van der Waals surface area (Å²) in [7, 11) is -1.35. The Labute approximate surface area is 196 Å². The number of aryl methyl sites for hydroxylation is 1. The van der Waals surface area contributed by atoms with Crippen molar-refractivity contribution in [1.29, 1.82) is 0 Å². The highest BCUT2D eigenvalue weighted by Gasteiger charge is 2.50. The summed E-state index contributed by atoms with van der Waals surface area (Å²) in [6.07, 6.45) is 0.375. The van der Waals surface area contributed by atoms with Crippen LogP contribution in [0.2, 0.25) is 5.04 Å². The van der Waals surface area contributed by atoms with E-state index in [9.17, 15) is 9.59 Å². The minimum absolute atomic E-state index is 0.00176. The first kappa shape index (κ1) is 24.7. The smallest absolute Gasteiger partial charge is 0.341 e. The molecule has 0 atom stereocenters. The molecule has 0 fully saturated rings. The number of hydrogen-bond donors (Lipinski definition) is 0. The fraction of sp³-hybridized carbons (Fsp3) is 0.333. The molecule has 0 spiro atoms. The third-order valence-electron chi connectivity index (χ3n) is 5.86. The molecular weight excluding hydrogens is 432 g/mol. The number of benzene rings is 2. The molecule has 0 N–H and O–H groups in total. The van der Waals surface area contributed by atoms with Crippen molar-refractivity contribution in [3.8, 4) is 0 Å². The van der Waals surface area contributed by atoms with Gasteiger partial charge in [-0.25, -0.2) is 4.79 Å². The molecule has 174 valence electrons. The second-order valence-corrected chi connectivity index (χ2v) is 13.5. The van der Waals surface area contributed by atoms with Gasteiger partial charge in [0.1, 0.15) is 22.9 Å². The fourth-order valence-corrected chi connectivity index (χ4v) is 8.87. The molecule has 0 aliphatic heterocycles. The van der Waals surface area contributed by atoms with E-state index in [0.717, 1.165) is 0 Å². The highest BCUT2D eigenvalue weighted by atomic mass is 28.4. The summed E-state index contributed by atoms with van der Waals surface area (Å²) in [4.78, 5) is 24.5. The number of furan rings is 1. The van der Waals surface area contributed by atoms with Gasteiger partial charge in [0.2, 0.25) is 0 Å². The number of ketones is 1. The van der Waals surface area contributed by atoms with Crippen molar-refractivity contribution in [3.63, 3.8) is 0 Å². The van der Waals surface area contributed by atoms with Gasteiger partial charge in [-0.15, -0.1) is 0 Å². The van der Waals surface area contributed by atoms with Crippen molar-refractivity contribution in [1.82, 2.24) is 0 Å². The van der Waals surface area contributed by atoms with E-state index >= 15 is 0 Å². The number of ether oxygens (including phenoxy) is 1. The van der Waals surface area contributed by atoms with Crippen molar-refractivity contribution in [2.24, 2.45) is 0 Å². The molecule has 0 unspecified atom stereocenters. The van der Waals surface area contributed by atoms with Gasteiger partial charge in [0.05, 0.1) is 13.5 Å². The number of hydrogen-bond acceptors (Lipinski definition) is 5. The number of carbonyl (C=O) groups is 2. The van der Waals surface area contributed by atoms with Crippen LogP contribution >= 0.6 is 0 Å². The molecule has 0 radical (unpaired) electrons. The molecule has 3 rings (SSSR count). The summed E-state index contributed by atoms with van der Waals surface area (Å²) in [5.74, 6) is 0.444. The van der Waals surface area contributed by atoms with Crippen LogP contribution in [-0.4, -0.2) is 33.8 Å². The van der Waals surface area contributed by atoms with Gasteiger partial charge in [0.15, 0.2) is 0 Å². The standard InChI is InChI=1S/C27H32O5Si/c1-20-25(26(29)30-5)19-22(32-20)18-21(28)16-17-31-33(27(2,3)4,23-12-8-6-9-13-23)24-14-10-7-11-15-24/h6-15,19H,16-18H2,1-5H3. The molecule has 0 bridgehead atoms. The number of rotatable bonds is 9. The van der Waals surface area contributed by atoms with Crippen molar-refractivity contribution in [3.05, 3.63) is 83.8 Å². The fourth-order valence-electron chi connectivity index (χ4n) is 4.31. The van der Waals surface area contributed by atoms with E-state index < -0.39 is 14.3 Å². The molecule has 6 heteroatoms. The Balaban J connectivity index is 1.80. The van der Waals surface area contributed by atoms with Gasteiger partial charge in [-0.05, 0) is 28.4 Å². The van der Waals surface area contributed by atoms with E-state index in [1.54, 1.807) is 13.0 Å². The molecule has 1 heterocycles.